The van der Waals surface area contributed by atoms with Crippen LogP contribution in [0.1, 0.15) is 24.2 Å². The van der Waals surface area contributed by atoms with Gasteiger partial charge < -0.3 is 9.80 Å². The Morgan fingerprint density at radius 1 is 1.27 bits per heavy atom. The maximum Gasteiger partial charge on any atom is 0.254 e. The highest BCUT2D eigenvalue weighted by Gasteiger charge is 2.24. The van der Waals surface area contributed by atoms with E-state index >= 15 is 0 Å². The molecule has 0 bridgehead atoms. The number of amides is 1. The maximum absolute atomic E-state index is 12.5. The van der Waals surface area contributed by atoms with E-state index in [4.69, 9.17) is 0 Å². The van der Waals surface area contributed by atoms with Gasteiger partial charge in [-0.2, -0.15) is 0 Å². The van der Waals surface area contributed by atoms with Crippen molar-refractivity contribution in [3.8, 4) is 0 Å². The van der Waals surface area contributed by atoms with Crippen LogP contribution < -0.4 is 9.62 Å². The van der Waals surface area contributed by atoms with Crippen molar-refractivity contribution in [3.05, 3.63) is 29.8 Å². The predicted octanol–water partition coefficient (Wildman–Crippen LogP) is -0.656. The van der Waals surface area contributed by atoms with Crippen molar-refractivity contribution in [2.45, 2.75) is 24.8 Å². The summed E-state index contributed by atoms with van der Waals surface area (Å²) in [5.74, 6) is -0.103. The van der Waals surface area contributed by atoms with Gasteiger partial charge in [0.1, 0.15) is 0 Å². The van der Waals surface area contributed by atoms with Crippen LogP contribution >= 0.6 is 0 Å². The van der Waals surface area contributed by atoms with E-state index in [1.54, 1.807) is 30.9 Å². The number of carbonyl (C=O) groups excluding carboxylic acids is 1. The third kappa shape index (κ3) is 4.06. The molecule has 6 nitrogen and oxygen atoms in total. The number of piperazine rings is 1. The molecular weight excluding hydrogens is 302 g/mol. The molecule has 1 amide bonds. The molecular formula is C15H24N3O3S+. The smallest absolute Gasteiger partial charge is 0.254 e. The normalized spacial score (nSPS) is 17.0. The molecule has 1 aliphatic heterocycles. The Kier molecular flexibility index (Phi) is 5.20. The van der Waals surface area contributed by atoms with Crippen molar-refractivity contribution in [1.82, 2.24) is 9.62 Å². The molecule has 0 atom stereocenters. The second kappa shape index (κ2) is 6.76. The quantitative estimate of drug-likeness (QED) is 0.772. The lowest BCUT2D eigenvalue weighted by Crippen LogP contribution is -3.12. The van der Waals surface area contributed by atoms with Crippen LogP contribution in [0.2, 0.25) is 0 Å². The van der Waals surface area contributed by atoms with Crippen LogP contribution in [0.5, 0.6) is 0 Å². The lowest BCUT2D eigenvalue weighted by Gasteiger charge is -2.30. The highest BCUT2D eigenvalue weighted by atomic mass is 32.2. The van der Waals surface area contributed by atoms with E-state index < -0.39 is 10.0 Å². The summed E-state index contributed by atoms with van der Waals surface area (Å²) in [6, 6.07) is 6.06. The number of hydrogen-bond donors (Lipinski definition) is 2. The third-order valence-electron chi connectivity index (χ3n) is 3.69. The van der Waals surface area contributed by atoms with Gasteiger partial charge in [-0.25, -0.2) is 13.1 Å². The Labute approximate surface area is 132 Å². The topological polar surface area (TPSA) is 70.9 Å². The molecule has 0 spiro atoms. The molecule has 2 N–H and O–H groups in total. The molecule has 1 aromatic rings. The summed E-state index contributed by atoms with van der Waals surface area (Å²) < 4.78 is 26.9. The number of hydrogen-bond acceptors (Lipinski definition) is 3. The van der Waals surface area contributed by atoms with Gasteiger partial charge in [-0.05, 0) is 32.0 Å². The summed E-state index contributed by atoms with van der Waals surface area (Å²) in [5.41, 5.74) is 0.422. The first kappa shape index (κ1) is 16.9. The predicted molar refractivity (Wildman–Crippen MR) is 84.4 cm³/mol. The summed E-state index contributed by atoms with van der Waals surface area (Å²) in [5, 5.41) is 0. The Morgan fingerprint density at radius 3 is 2.50 bits per heavy atom. The number of quaternary nitrogens is 1. The van der Waals surface area contributed by atoms with E-state index in [0.717, 1.165) is 13.1 Å². The molecule has 1 saturated heterocycles. The molecule has 0 unspecified atom stereocenters. The van der Waals surface area contributed by atoms with Crippen molar-refractivity contribution in [2.75, 3.05) is 33.2 Å². The zero-order valence-electron chi connectivity index (χ0n) is 13.3. The number of sulfonamides is 1. The van der Waals surface area contributed by atoms with Crippen molar-refractivity contribution < 1.29 is 18.1 Å². The van der Waals surface area contributed by atoms with Crippen LogP contribution in [0.3, 0.4) is 0 Å². The van der Waals surface area contributed by atoms with Gasteiger partial charge in [-0.1, -0.05) is 6.07 Å². The molecule has 1 aromatic carbocycles. The second-order valence-corrected chi connectivity index (χ2v) is 7.77. The fourth-order valence-electron chi connectivity index (χ4n) is 2.45. The third-order valence-corrected chi connectivity index (χ3v) is 5.34. The average Bonchev–Trinajstić information content (AvgIpc) is 2.46. The highest BCUT2D eigenvalue weighted by Crippen LogP contribution is 2.14. The molecule has 22 heavy (non-hydrogen) atoms. The molecule has 1 aliphatic rings. The zero-order valence-corrected chi connectivity index (χ0v) is 14.1. The van der Waals surface area contributed by atoms with Crippen molar-refractivity contribution in [2.24, 2.45) is 0 Å². The molecule has 0 aromatic heterocycles. The number of nitrogens with zero attached hydrogens (tertiary/aromatic N) is 1. The number of likely N-dealkylation sites (N-methyl/N-ethyl adjacent to an activating group) is 1. The van der Waals surface area contributed by atoms with Gasteiger partial charge in [0, 0.05) is 11.6 Å². The summed E-state index contributed by atoms with van der Waals surface area (Å²) in [4.78, 5) is 15.8. The lowest BCUT2D eigenvalue weighted by molar-refractivity contribution is -0.883. The zero-order chi connectivity index (χ0) is 16.3. The van der Waals surface area contributed by atoms with Crippen LogP contribution in [0.25, 0.3) is 0 Å². The van der Waals surface area contributed by atoms with E-state index in [-0.39, 0.29) is 16.8 Å². The molecule has 7 heteroatoms. The molecule has 0 saturated carbocycles. The fraction of sp³-hybridized carbons (Fsp3) is 0.533. The molecule has 122 valence electrons. The number of nitrogens with one attached hydrogen (secondary N) is 2. The van der Waals surface area contributed by atoms with Crippen molar-refractivity contribution >= 4 is 15.9 Å². The molecule has 0 aliphatic carbocycles. The van der Waals surface area contributed by atoms with Crippen LogP contribution in [-0.2, 0) is 10.0 Å². The lowest BCUT2D eigenvalue weighted by atomic mass is 10.2. The first-order chi connectivity index (χ1) is 10.3. The minimum atomic E-state index is -3.58. The summed E-state index contributed by atoms with van der Waals surface area (Å²) in [7, 11) is -1.48. The number of rotatable bonds is 4. The van der Waals surface area contributed by atoms with E-state index in [1.807, 2.05) is 0 Å². The van der Waals surface area contributed by atoms with Crippen molar-refractivity contribution in [3.63, 3.8) is 0 Å². The van der Waals surface area contributed by atoms with Gasteiger partial charge in [-0.15, -0.1) is 0 Å². The summed E-state index contributed by atoms with van der Waals surface area (Å²) >= 11 is 0. The Bertz CT molecular complexity index is 635. The first-order valence-electron chi connectivity index (χ1n) is 7.52. The SMILES string of the molecule is CC(C)NS(=O)(=O)c1cccc(C(=O)N2CC[NH+](C)CC2)c1. The van der Waals surface area contributed by atoms with Crippen LogP contribution in [0.15, 0.2) is 29.2 Å². The van der Waals surface area contributed by atoms with Gasteiger partial charge in [0.05, 0.1) is 38.1 Å². The Balaban J connectivity index is 2.19. The van der Waals surface area contributed by atoms with Gasteiger partial charge in [0.25, 0.3) is 5.91 Å². The minimum absolute atomic E-state index is 0.103. The Hall–Kier alpha value is -1.44. The van der Waals surface area contributed by atoms with Crippen molar-refractivity contribution in [1.29, 1.82) is 0 Å². The molecule has 1 heterocycles. The van der Waals surface area contributed by atoms with Crippen LogP contribution in [-0.4, -0.2) is 58.5 Å². The molecule has 0 radical (unpaired) electrons. The maximum atomic E-state index is 12.5. The Morgan fingerprint density at radius 2 is 1.91 bits per heavy atom. The number of carbonyl (C=O) groups is 1. The summed E-state index contributed by atoms with van der Waals surface area (Å²) in [6.07, 6.45) is 0. The van der Waals surface area contributed by atoms with Gasteiger partial charge in [0.2, 0.25) is 10.0 Å². The second-order valence-electron chi connectivity index (χ2n) is 6.05. The minimum Gasteiger partial charge on any atom is -0.334 e. The molecule has 2 rings (SSSR count). The largest absolute Gasteiger partial charge is 0.334 e. The fourth-order valence-corrected chi connectivity index (χ4v) is 3.75. The standard InChI is InChI=1S/C15H23N3O3S/c1-12(2)16-22(20,21)14-6-4-5-13(11-14)15(19)18-9-7-17(3)8-10-18/h4-6,11-12,16H,7-10H2,1-3H3/p+1. The molecule has 1 fully saturated rings. The summed E-state index contributed by atoms with van der Waals surface area (Å²) in [6.45, 7) is 6.76. The first-order valence-corrected chi connectivity index (χ1v) is 9.01. The number of benzene rings is 1. The van der Waals surface area contributed by atoms with Crippen LogP contribution in [0.4, 0.5) is 0 Å². The van der Waals surface area contributed by atoms with E-state index in [2.05, 4.69) is 11.8 Å². The van der Waals surface area contributed by atoms with E-state index in [0.29, 0.717) is 18.7 Å². The van der Waals surface area contributed by atoms with E-state index in [9.17, 15) is 13.2 Å². The van der Waals surface area contributed by atoms with Gasteiger partial charge in [0.15, 0.2) is 0 Å². The highest BCUT2D eigenvalue weighted by molar-refractivity contribution is 7.89. The monoisotopic (exact) mass is 326 g/mol. The van der Waals surface area contributed by atoms with Crippen LogP contribution in [0, 0.1) is 0 Å². The van der Waals surface area contributed by atoms with Gasteiger partial charge >= 0.3 is 0 Å². The van der Waals surface area contributed by atoms with Gasteiger partial charge in [-0.3, -0.25) is 4.79 Å². The van der Waals surface area contributed by atoms with E-state index in [1.165, 1.54) is 17.0 Å². The average molecular weight is 326 g/mol.